The Morgan fingerprint density at radius 3 is 2.39 bits per heavy atom. The number of hydrogen-bond acceptors (Lipinski definition) is 6. The van der Waals surface area contributed by atoms with Crippen LogP contribution in [0.3, 0.4) is 0 Å². The van der Waals surface area contributed by atoms with E-state index in [0.29, 0.717) is 48.8 Å². The number of hydrogen-bond donors (Lipinski definition) is 2. The molecule has 2 aliphatic rings. The van der Waals surface area contributed by atoms with Gasteiger partial charge in [-0.3, -0.25) is 14.9 Å². The van der Waals surface area contributed by atoms with Crippen LogP contribution in [-0.2, 0) is 19.7 Å². The third kappa shape index (κ3) is 4.45. The molecule has 0 saturated heterocycles. The molecule has 8 nitrogen and oxygen atoms in total. The number of rotatable bonds is 5. The topological polar surface area (TPSA) is 103 Å². The van der Waals surface area contributed by atoms with E-state index in [1.54, 1.807) is 30.3 Å². The summed E-state index contributed by atoms with van der Waals surface area (Å²) >= 11 is 0. The number of imide groups is 1. The second-order valence-corrected chi connectivity index (χ2v) is 7.38. The van der Waals surface area contributed by atoms with E-state index in [4.69, 9.17) is 14.2 Å². The standard InChI is InChI=1S/C22H21FN2O6/c23-15-4-2-14(3-5-15)22(8-1-9-22)20(27)31-13-19(26)25-21(28)24-16-6-7-17-18(12-16)30-11-10-29-17/h2-7,12H,1,8-11,13H2,(H2,24,25,26,28). The molecule has 9 heteroatoms. The van der Waals surface area contributed by atoms with Gasteiger partial charge in [-0.2, -0.15) is 0 Å². The van der Waals surface area contributed by atoms with Crippen LogP contribution in [0.1, 0.15) is 24.8 Å². The van der Waals surface area contributed by atoms with Crippen molar-refractivity contribution in [1.29, 1.82) is 0 Å². The summed E-state index contributed by atoms with van der Waals surface area (Å²) in [6, 6.07) is 9.76. The summed E-state index contributed by atoms with van der Waals surface area (Å²) in [4.78, 5) is 36.7. The number of urea groups is 1. The largest absolute Gasteiger partial charge is 0.486 e. The molecule has 2 aromatic carbocycles. The van der Waals surface area contributed by atoms with E-state index in [-0.39, 0.29) is 0 Å². The van der Waals surface area contributed by atoms with Crippen molar-refractivity contribution in [2.45, 2.75) is 24.7 Å². The molecule has 2 N–H and O–H groups in total. The summed E-state index contributed by atoms with van der Waals surface area (Å²) < 4.78 is 29.2. The van der Waals surface area contributed by atoms with Crippen LogP contribution in [0.15, 0.2) is 42.5 Å². The van der Waals surface area contributed by atoms with Crippen molar-refractivity contribution in [3.63, 3.8) is 0 Å². The Bertz CT molecular complexity index is 1000. The number of nitrogens with one attached hydrogen (secondary N) is 2. The van der Waals surface area contributed by atoms with Crippen molar-refractivity contribution in [2.24, 2.45) is 0 Å². The molecule has 1 aliphatic carbocycles. The first-order chi connectivity index (χ1) is 15.0. The molecule has 4 rings (SSSR count). The maximum atomic E-state index is 13.2. The SMILES string of the molecule is O=C(COC(=O)C1(c2ccc(F)cc2)CCC1)NC(=O)Nc1ccc2c(c1)OCCO2. The van der Waals surface area contributed by atoms with Gasteiger partial charge in [0.05, 0.1) is 5.41 Å². The minimum Gasteiger partial charge on any atom is -0.486 e. The van der Waals surface area contributed by atoms with E-state index in [2.05, 4.69) is 10.6 Å². The smallest absolute Gasteiger partial charge is 0.325 e. The van der Waals surface area contributed by atoms with E-state index < -0.39 is 35.7 Å². The Morgan fingerprint density at radius 1 is 1.00 bits per heavy atom. The fourth-order valence-electron chi connectivity index (χ4n) is 3.63. The Labute approximate surface area is 177 Å². The summed E-state index contributed by atoms with van der Waals surface area (Å²) in [5.41, 5.74) is 0.194. The lowest BCUT2D eigenvalue weighted by atomic mass is 9.64. The van der Waals surface area contributed by atoms with E-state index >= 15 is 0 Å². The van der Waals surface area contributed by atoms with Crippen molar-refractivity contribution in [3.8, 4) is 11.5 Å². The van der Waals surface area contributed by atoms with Gasteiger partial charge in [-0.25, -0.2) is 9.18 Å². The number of halogens is 1. The van der Waals surface area contributed by atoms with E-state index in [1.165, 1.54) is 12.1 Å². The number of amides is 3. The number of anilines is 1. The first-order valence-electron chi connectivity index (χ1n) is 9.90. The molecule has 0 aromatic heterocycles. The van der Waals surface area contributed by atoms with E-state index in [1.807, 2.05) is 0 Å². The Balaban J connectivity index is 1.29. The van der Waals surface area contributed by atoms with E-state index in [0.717, 1.165) is 6.42 Å². The highest BCUT2D eigenvalue weighted by atomic mass is 19.1. The van der Waals surface area contributed by atoms with Crippen molar-refractivity contribution >= 4 is 23.6 Å². The number of esters is 1. The van der Waals surface area contributed by atoms with Crippen LogP contribution in [0.25, 0.3) is 0 Å². The van der Waals surface area contributed by atoms with Crippen LogP contribution in [0.5, 0.6) is 11.5 Å². The molecule has 0 spiro atoms. The summed E-state index contributed by atoms with van der Waals surface area (Å²) in [5.74, 6) is -0.651. The van der Waals surface area contributed by atoms with E-state index in [9.17, 15) is 18.8 Å². The molecule has 1 aliphatic heterocycles. The molecule has 0 bridgehead atoms. The third-order valence-electron chi connectivity index (χ3n) is 5.38. The molecule has 0 radical (unpaired) electrons. The van der Waals surface area contributed by atoms with Crippen LogP contribution in [-0.4, -0.2) is 37.7 Å². The van der Waals surface area contributed by atoms with Gasteiger partial charge in [0.25, 0.3) is 5.91 Å². The van der Waals surface area contributed by atoms with Gasteiger partial charge in [0.15, 0.2) is 18.1 Å². The second kappa shape index (κ2) is 8.63. The van der Waals surface area contributed by atoms with Gasteiger partial charge < -0.3 is 19.5 Å². The average Bonchev–Trinajstić information content (AvgIpc) is 2.72. The number of carbonyl (C=O) groups is 3. The number of ether oxygens (including phenoxy) is 3. The van der Waals surface area contributed by atoms with Crippen molar-refractivity contribution in [1.82, 2.24) is 5.32 Å². The van der Waals surface area contributed by atoms with Crippen LogP contribution in [0.4, 0.5) is 14.9 Å². The van der Waals surface area contributed by atoms with Gasteiger partial charge in [-0.15, -0.1) is 0 Å². The zero-order chi connectivity index (χ0) is 21.8. The van der Waals surface area contributed by atoms with Crippen molar-refractivity contribution in [2.75, 3.05) is 25.1 Å². The van der Waals surface area contributed by atoms with Gasteiger partial charge in [0.1, 0.15) is 19.0 Å². The Kier molecular flexibility index (Phi) is 5.75. The Morgan fingerprint density at radius 2 is 1.71 bits per heavy atom. The highest BCUT2D eigenvalue weighted by Gasteiger charge is 2.47. The van der Waals surface area contributed by atoms with Gasteiger partial charge in [-0.05, 0) is 42.7 Å². The lowest BCUT2D eigenvalue weighted by Crippen LogP contribution is -2.45. The molecule has 1 saturated carbocycles. The zero-order valence-electron chi connectivity index (χ0n) is 16.6. The highest BCUT2D eigenvalue weighted by molar-refractivity contribution is 6.02. The highest BCUT2D eigenvalue weighted by Crippen LogP contribution is 2.44. The maximum Gasteiger partial charge on any atom is 0.325 e. The first-order valence-corrected chi connectivity index (χ1v) is 9.90. The van der Waals surface area contributed by atoms with Gasteiger partial charge in [0.2, 0.25) is 0 Å². The molecule has 162 valence electrons. The summed E-state index contributed by atoms with van der Waals surface area (Å²) in [5, 5.41) is 4.62. The number of benzene rings is 2. The number of fused-ring (bicyclic) bond motifs is 1. The molecule has 3 amide bonds. The molecule has 0 unspecified atom stereocenters. The molecule has 0 atom stereocenters. The predicted octanol–water partition coefficient (Wildman–Crippen LogP) is 2.91. The minimum atomic E-state index is -0.874. The first kappa shape index (κ1) is 20.6. The van der Waals surface area contributed by atoms with Crippen molar-refractivity contribution < 1.29 is 33.0 Å². The molecular formula is C22H21FN2O6. The Hall–Kier alpha value is -3.62. The summed E-state index contributed by atoms with van der Waals surface area (Å²) in [6.07, 6.45) is 1.95. The average molecular weight is 428 g/mol. The monoisotopic (exact) mass is 428 g/mol. The zero-order valence-corrected chi connectivity index (χ0v) is 16.6. The fourth-order valence-corrected chi connectivity index (χ4v) is 3.63. The lowest BCUT2D eigenvalue weighted by molar-refractivity contribution is -0.157. The van der Waals surface area contributed by atoms with Gasteiger partial charge in [-0.1, -0.05) is 18.6 Å². The van der Waals surface area contributed by atoms with Crippen molar-refractivity contribution in [3.05, 3.63) is 53.8 Å². The molecular weight excluding hydrogens is 407 g/mol. The molecule has 1 heterocycles. The van der Waals surface area contributed by atoms with Crippen LogP contribution in [0, 0.1) is 5.82 Å². The second-order valence-electron chi connectivity index (χ2n) is 7.38. The minimum absolute atomic E-state index is 0.394. The molecule has 31 heavy (non-hydrogen) atoms. The number of carbonyl (C=O) groups excluding carboxylic acids is 3. The van der Waals surface area contributed by atoms with Crippen LogP contribution < -0.4 is 20.1 Å². The summed E-state index contributed by atoms with van der Waals surface area (Å²) in [6.45, 7) is 0.262. The molecule has 1 fully saturated rings. The normalized spacial score (nSPS) is 15.9. The predicted molar refractivity (Wildman–Crippen MR) is 107 cm³/mol. The van der Waals surface area contributed by atoms with Crippen LogP contribution in [0.2, 0.25) is 0 Å². The van der Waals surface area contributed by atoms with Crippen LogP contribution >= 0.6 is 0 Å². The summed E-state index contributed by atoms with van der Waals surface area (Å²) in [7, 11) is 0. The quantitative estimate of drug-likeness (QED) is 0.710. The van der Waals surface area contributed by atoms with Gasteiger partial charge in [0, 0.05) is 11.8 Å². The third-order valence-corrected chi connectivity index (χ3v) is 5.38. The maximum absolute atomic E-state index is 13.2. The fraction of sp³-hybridized carbons (Fsp3) is 0.318. The molecule has 2 aromatic rings. The van der Waals surface area contributed by atoms with Gasteiger partial charge >= 0.3 is 12.0 Å². The lowest BCUT2D eigenvalue weighted by Gasteiger charge is -2.39.